The van der Waals surface area contributed by atoms with Crippen molar-refractivity contribution in [1.29, 1.82) is 5.41 Å². The lowest BCUT2D eigenvalue weighted by Gasteiger charge is -2.28. The quantitative estimate of drug-likeness (QED) is 0.0627. The Labute approximate surface area is 234 Å². The second-order valence-corrected chi connectivity index (χ2v) is 10.1. The van der Waals surface area contributed by atoms with Gasteiger partial charge in [-0.2, -0.15) is 0 Å². The number of guanidine groups is 1. The monoisotopic (exact) mass is 558 g/mol. The molecule has 0 radical (unpaired) electrons. The van der Waals surface area contributed by atoms with Gasteiger partial charge < -0.3 is 38.3 Å². The maximum atomic E-state index is 13.4. The number of amides is 3. The van der Waals surface area contributed by atoms with Crippen molar-refractivity contribution < 1.29 is 24.3 Å². The Balaban J connectivity index is 2.20. The third-order valence-electron chi connectivity index (χ3n) is 7.07. The van der Waals surface area contributed by atoms with E-state index in [9.17, 15) is 24.3 Å². The number of carboxylic acids is 1. The number of aliphatic imine (C=N–C) groups is 1. The van der Waals surface area contributed by atoms with Crippen LogP contribution in [0.1, 0.15) is 62.5 Å². The predicted molar refractivity (Wildman–Crippen MR) is 151 cm³/mol. The molecule has 1 aromatic carbocycles. The summed E-state index contributed by atoms with van der Waals surface area (Å²) in [4.78, 5) is 55.1. The van der Waals surface area contributed by atoms with Crippen molar-refractivity contribution in [2.24, 2.45) is 34.0 Å². The van der Waals surface area contributed by atoms with Gasteiger partial charge in [0.2, 0.25) is 17.7 Å². The zero-order chi connectivity index (χ0) is 29.7. The highest BCUT2D eigenvalue weighted by Gasteiger charge is 2.33. The van der Waals surface area contributed by atoms with Gasteiger partial charge in [-0.3, -0.25) is 24.8 Å². The Morgan fingerprint density at radius 3 is 2.15 bits per heavy atom. The fourth-order valence-electron chi connectivity index (χ4n) is 4.83. The van der Waals surface area contributed by atoms with E-state index in [0.717, 1.165) is 32.1 Å². The number of nitrogens with two attached hydrogens (primary N) is 3. The summed E-state index contributed by atoms with van der Waals surface area (Å²) in [5.41, 5.74) is 17.3. The summed E-state index contributed by atoms with van der Waals surface area (Å²) in [6.45, 7) is 0.214. The predicted octanol–water partition coefficient (Wildman–Crippen LogP) is -0.0464. The standard InChI is InChI=1S/C27H42N8O5/c1-32-23(36)19(14-17-9-11-18(12-10-17)22(28)29)24(37)35-21(15-16-6-3-2-4-7-16)25(38)34-20(26(39)40)8-5-13-33-27(30)31/h9-12,16,19-21H,2-8,13-15H2,1H3,(H3,28,29)(H,32,36)(H,34,38)(H,35,37)(H,39,40)(H4,30,31,33)/t19?,20-,21-/m0/s1. The summed E-state index contributed by atoms with van der Waals surface area (Å²) in [5, 5.41) is 25.0. The minimum Gasteiger partial charge on any atom is -0.480 e. The number of benzene rings is 1. The van der Waals surface area contributed by atoms with E-state index in [1.807, 2.05) is 0 Å². The number of hydrogen-bond acceptors (Lipinski definition) is 6. The number of nitrogens with one attached hydrogen (secondary N) is 4. The lowest BCUT2D eigenvalue weighted by molar-refractivity contribution is -0.142. The van der Waals surface area contributed by atoms with E-state index in [0.29, 0.717) is 24.0 Å². The van der Waals surface area contributed by atoms with Gasteiger partial charge in [0.05, 0.1) is 0 Å². The average molecular weight is 559 g/mol. The van der Waals surface area contributed by atoms with Crippen LogP contribution in [-0.2, 0) is 25.6 Å². The SMILES string of the molecule is CNC(=O)C(Cc1ccc(C(=N)N)cc1)C(=O)N[C@@H](CC1CCCCC1)C(=O)N[C@@H](CCCN=C(N)N)C(=O)O. The lowest BCUT2D eigenvalue weighted by Crippen LogP contribution is -2.54. The summed E-state index contributed by atoms with van der Waals surface area (Å²) in [7, 11) is 1.42. The third kappa shape index (κ3) is 10.5. The fourth-order valence-corrected chi connectivity index (χ4v) is 4.83. The van der Waals surface area contributed by atoms with E-state index >= 15 is 0 Å². The molecule has 0 bridgehead atoms. The van der Waals surface area contributed by atoms with E-state index in [1.54, 1.807) is 24.3 Å². The van der Waals surface area contributed by atoms with Gasteiger partial charge in [0, 0.05) is 19.2 Å². The second kappa shape index (κ2) is 16.1. The number of carboxylic acid groups (broad SMARTS) is 1. The Bertz CT molecular complexity index is 1070. The molecule has 13 nitrogen and oxygen atoms in total. The highest BCUT2D eigenvalue weighted by atomic mass is 16.4. The van der Waals surface area contributed by atoms with Crippen LogP contribution in [0.2, 0.25) is 0 Å². The van der Waals surface area contributed by atoms with E-state index < -0.39 is 41.7 Å². The number of carbonyl (C=O) groups excluding carboxylic acids is 3. The molecule has 0 heterocycles. The highest BCUT2D eigenvalue weighted by molar-refractivity contribution is 6.02. The number of nitrogens with zero attached hydrogens (tertiary/aromatic N) is 1. The van der Waals surface area contributed by atoms with E-state index in [1.165, 1.54) is 7.05 Å². The van der Waals surface area contributed by atoms with Crippen LogP contribution in [0.4, 0.5) is 0 Å². The number of rotatable bonds is 15. The van der Waals surface area contributed by atoms with Gasteiger partial charge in [-0.25, -0.2) is 4.79 Å². The van der Waals surface area contributed by atoms with Crippen molar-refractivity contribution in [3.8, 4) is 0 Å². The first-order valence-corrected chi connectivity index (χ1v) is 13.6. The molecule has 1 fully saturated rings. The lowest BCUT2D eigenvalue weighted by atomic mass is 9.84. The van der Waals surface area contributed by atoms with Crippen LogP contribution in [-0.4, -0.2) is 66.3 Å². The van der Waals surface area contributed by atoms with E-state index in [4.69, 9.17) is 22.6 Å². The molecule has 1 aliphatic rings. The normalized spacial score (nSPS) is 15.6. The molecule has 220 valence electrons. The Hall–Kier alpha value is -4.16. The zero-order valence-corrected chi connectivity index (χ0v) is 22.9. The molecule has 1 aromatic rings. The number of carbonyl (C=O) groups is 4. The molecule has 2 rings (SSSR count). The van der Waals surface area contributed by atoms with Gasteiger partial charge in [-0.1, -0.05) is 56.4 Å². The van der Waals surface area contributed by atoms with Crippen LogP contribution in [0, 0.1) is 17.2 Å². The molecule has 1 aliphatic carbocycles. The first-order chi connectivity index (χ1) is 19.0. The molecule has 3 amide bonds. The van der Waals surface area contributed by atoms with E-state index in [2.05, 4.69) is 20.9 Å². The molecule has 1 saturated carbocycles. The van der Waals surface area contributed by atoms with Gasteiger partial charge in [0.15, 0.2) is 5.96 Å². The largest absolute Gasteiger partial charge is 0.480 e. The Morgan fingerprint density at radius 1 is 0.975 bits per heavy atom. The summed E-state index contributed by atoms with van der Waals surface area (Å²) < 4.78 is 0. The molecular weight excluding hydrogens is 516 g/mol. The number of amidine groups is 1. The van der Waals surface area contributed by atoms with Gasteiger partial charge in [-0.15, -0.1) is 0 Å². The van der Waals surface area contributed by atoms with Crippen LogP contribution in [0.15, 0.2) is 29.3 Å². The molecule has 3 atom stereocenters. The molecule has 1 unspecified atom stereocenters. The Morgan fingerprint density at radius 2 is 1.60 bits per heavy atom. The molecular formula is C27H42N8O5. The molecule has 0 aliphatic heterocycles. The average Bonchev–Trinajstić information content (AvgIpc) is 2.92. The highest BCUT2D eigenvalue weighted by Crippen LogP contribution is 2.27. The van der Waals surface area contributed by atoms with Crippen molar-refractivity contribution in [3.05, 3.63) is 35.4 Å². The maximum Gasteiger partial charge on any atom is 0.326 e. The second-order valence-electron chi connectivity index (χ2n) is 10.1. The fraction of sp³-hybridized carbons (Fsp3) is 0.556. The van der Waals surface area contributed by atoms with Crippen molar-refractivity contribution >= 4 is 35.5 Å². The topological polar surface area (TPSA) is 239 Å². The van der Waals surface area contributed by atoms with Crippen molar-refractivity contribution in [1.82, 2.24) is 16.0 Å². The summed E-state index contributed by atoms with van der Waals surface area (Å²) in [5.74, 6) is -4.13. The van der Waals surface area contributed by atoms with Crippen LogP contribution < -0.4 is 33.2 Å². The first-order valence-electron chi connectivity index (χ1n) is 13.6. The van der Waals surface area contributed by atoms with Crippen molar-refractivity contribution in [2.75, 3.05) is 13.6 Å². The maximum absolute atomic E-state index is 13.4. The van der Waals surface area contributed by atoms with Crippen molar-refractivity contribution in [2.45, 2.75) is 69.9 Å². The van der Waals surface area contributed by atoms with Gasteiger partial charge in [0.25, 0.3) is 0 Å². The smallest absolute Gasteiger partial charge is 0.326 e. The van der Waals surface area contributed by atoms with Gasteiger partial charge >= 0.3 is 5.97 Å². The molecule has 40 heavy (non-hydrogen) atoms. The molecule has 13 heteroatoms. The first kappa shape index (κ1) is 32.1. The minimum absolute atomic E-state index is 0.0595. The Kier molecular flexibility index (Phi) is 12.9. The molecule has 0 saturated heterocycles. The van der Waals surface area contributed by atoms with Gasteiger partial charge in [-0.05, 0) is 37.2 Å². The molecule has 0 aromatic heterocycles. The summed E-state index contributed by atoms with van der Waals surface area (Å²) >= 11 is 0. The number of nitrogen functional groups attached to an aromatic ring is 1. The minimum atomic E-state index is -1.21. The van der Waals surface area contributed by atoms with Crippen LogP contribution in [0.5, 0.6) is 0 Å². The van der Waals surface area contributed by atoms with Gasteiger partial charge in [0.1, 0.15) is 23.8 Å². The van der Waals surface area contributed by atoms with Crippen molar-refractivity contribution in [3.63, 3.8) is 0 Å². The van der Waals surface area contributed by atoms with Crippen LogP contribution >= 0.6 is 0 Å². The number of aliphatic carboxylic acids is 1. The van der Waals surface area contributed by atoms with Crippen LogP contribution in [0.3, 0.4) is 0 Å². The molecule has 11 N–H and O–H groups in total. The third-order valence-corrected chi connectivity index (χ3v) is 7.07. The number of hydrogen-bond donors (Lipinski definition) is 8. The zero-order valence-electron chi connectivity index (χ0n) is 22.9. The van der Waals surface area contributed by atoms with Crippen LogP contribution in [0.25, 0.3) is 0 Å². The summed E-state index contributed by atoms with van der Waals surface area (Å²) in [6.07, 6.45) is 5.78. The summed E-state index contributed by atoms with van der Waals surface area (Å²) in [6, 6.07) is 4.44. The molecule has 0 spiro atoms. The van der Waals surface area contributed by atoms with E-state index in [-0.39, 0.29) is 37.1 Å².